The highest BCUT2D eigenvalue weighted by Gasteiger charge is 2.78. The van der Waals surface area contributed by atoms with Crippen LogP contribution in [-0.4, -0.2) is 82.3 Å². The number of aliphatic hydroxyl groups excluding tert-OH is 1. The summed E-state index contributed by atoms with van der Waals surface area (Å²) in [6.45, 7) is 14.9. The molecule has 3 aliphatic heterocycles. The van der Waals surface area contributed by atoms with E-state index in [1.54, 1.807) is 11.0 Å². The number of allylic oxidation sites excluding steroid dienone is 1. The molecule has 3 unspecified atom stereocenters. The Morgan fingerprint density at radius 2 is 1.92 bits per heavy atom. The highest BCUT2D eigenvalue weighted by atomic mass is 16.6. The maximum atomic E-state index is 14.4. The summed E-state index contributed by atoms with van der Waals surface area (Å²) < 4.78 is 12.4. The second-order valence-electron chi connectivity index (χ2n) is 11.8. The molecule has 0 saturated carbocycles. The van der Waals surface area contributed by atoms with Crippen molar-refractivity contribution in [3.63, 3.8) is 0 Å². The van der Waals surface area contributed by atoms with E-state index in [9.17, 15) is 14.4 Å². The molecule has 8 heteroatoms. The molecule has 0 aromatic heterocycles. The number of carbonyl (C=O) groups is 3. The first-order valence-electron chi connectivity index (χ1n) is 15.0. The Balaban J connectivity index is 1.91. The lowest BCUT2D eigenvalue weighted by molar-refractivity contribution is -0.160. The number of unbranched alkanes of at least 4 members (excludes halogenated alkanes) is 5. The van der Waals surface area contributed by atoms with Crippen LogP contribution >= 0.6 is 0 Å². The number of likely N-dealkylation sites (tertiary alicyclic amines) is 1. The first-order valence-corrected chi connectivity index (χ1v) is 15.0. The number of carbonyl (C=O) groups excluding carboxylic acids is 3. The van der Waals surface area contributed by atoms with Gasteiger partial charge in [0.05, 0.1) is 18.1 Å². The molecular weight excluding hydrogens is 496 g/mol. The molecule has 8 nitrogen and oxygen atoms in total. The molecule has 3 saturated heterocycles. The molecule has 2 bridgehead atoms. The van der Waals surface area contributed by atoms with Crippen molar-refractivity contribution in [1.29, 1.82) is 0 Å². The fourth-order valence-corrected chi connectivity index (χ4v) is 7.06. The molecule has 3 heterocycles. The normalized spacial score (nSPS) is 29.8. The van der Waals surface area contributed by atoms with Crippen molar-refractivity contribution in [3.05, 3.63) is 25.3 Å². The maximum absolute atomic E-state index is 14.4. The average Bonchev–Trinajstić information content (AvgIpc) is 3.47. The Morgan fingerprint density at radius 1 is 1.18 bits per heavy atom. The Labute approximate surface area is 234 Å². The van der Waals surface area contributed by atoms with E-state index in [1.165, 1.54) is 0 Å². The average molecular weight is 547 g/mol. The van der Waals surface area contributed by atoms with Crippen molar-refractivity contribution in [2.24, 2.45) is 11.8 Å². The lowest BCUT2D eigenvalue weighted by atomic mass is 9.66. The van der Waals surface area contributed by atoms with Crippen LogP contribution in [0.3, 0.4) is 0 Å². The van der Waals surface area contributed by atoms with Gasteiger partial charge < -0.3 is 24.4 Å². The van der Waals surface area contributed by atoms with Gasteiger partial charge >= 0.3 is 5.97 Å². The van der Waals surface area contributed by atoms with Crippen LogP contribution in [0.1, 0.15) is 91.4 Å². The molecule has 6 atom stereocenters. The zero-order valence-corrected chi connectivity index (χ0v) is 24.4. The number of hydrogen-bond donors (Lipinski definition) is 1. The zero-order chi connectivity index (χ0) is 28.6. The standard InChI is InChI=1S/C31H50N2O6/c1-6-9-10-15-22-38-29(37)25-24-27(35)33(20-13-11-12-14-21-34)26(31(24)18-17-30(25,5)39-31)28(36)32(19-8-3)23(4)16-7-2/h6,8,23-26,34H,1,3,7,9-22H2,2,4-5H3/t23?,24-,25-,26?,30+,31?/m0/s1. The van der Waals surface area contributed by atoms with E-state index in [0.717, 1.165) is 51.4 Å². The number of esters is 1. The smallest absolute Gasteiger partial charge is 0.312 e. The number of ether oxygens (including phenoxy) is 2. The van der Waals surface area contributed by atoms with Crippen molar-refractivity contribution in [1.82, 2.24) is 9.80 Å². The van der Waals surface area contributed by atoms with Gasteiger partial charge in [-0.3, -0.25) is 14.4 Å². The summed E-state index contributed by atoms with van der Waals surface area (Å²) in [5, 5.41) is 9.14. The molecule has 39 heavy (non-hydrogen) atoms. The van der Waals surface area contributed by atoms with E-state index in [4.69, 9.17) is 14.6 Å². The van der Waals surface area contributed by atoms with Gasteiger partial charge in [-0.2, -0.15) is 0 Å². The number of hydrogen-bond acceptors (Lipinski definition) is 6. The molecular formula is C31H50N2O6. The van der Waals surface area contributed by atoms with Crippen molar-refractivity contribution in [2.75, 3.05) is 26.3 Å². The molecule has 220 valence electrons. The van der Waals surface area contributed by atoms with Crippen LogP contribution in [0.2, 0.25) is 0 Å². The van der Waals surface area contributed by atoms with Crippen LogP contribution in [0.25, 0.3) is 0 Å². The molecule has 0 aliphatic carbocycles. The second-order valence-corrected chi connectivity index (χ2v) is 11.8. The van der Waals surface area contributed by atoms with Gasteiger partial charge in [0, 0.05) is 25.7 Å². The highest BCUT2D eigenvalue weighted by Crippen LogP contribution is 2.63. The van der Waals surface area contributed by atoms with Gasteiger partial charge in [0.2, 0.25) is 11.8 Å². The first-order chi connectivity index (χ1) is 18.7. The van der Waals surface area contributed by atoms with Gasteiger partial charge in [-0.25, -0.2) is 0 Å². The lowest BCUT2D eigenvalue weighted by Gasteiger charge is -2.39. The van der Waals surface area contributed by atoms with Crippen molar-refractivity contribution in [2.45, 2.75) is 115 Å². The summed E-state index contributed by atoms with van der Waals surface area (Å²) in [5.74, 6) is -2.14. The van der Waals surface area contributed by atoms with Gasteiger partial charge in [0.1, 0.15) is 17.6 Å². The monoisotopic (exact) mass is 546 g/mol. The van der Waals surface area contributed by atoms with Gasteiger partial charge in [0.25, 0.3) is 0 Å². The van der Waals surface area contributed by atoms with Crippen LogP contribution in [-0.2, 0) is 23.9 Å². The summed E-state index contributed by atoms with van der Waals surface area (Å²) in [6.07, 6.45) is 12.1. The Bertz CT molecular complexity index is 892. The van der Waals surface area contributed by atoms with Crippen LogP contribution in [0, 0.1) is 11.8 Å². The van der Waals surface area contributed by atoms with E-state index in [0.29, 0.717) is 39.0 Å². The van der Waals surface area contributed by atoms with E-state index in [-0.39, 0.29) is 24.5 Å². The van der Waals surface area contributed by atoms with Crippen LogP contribution in [0.4, 0.5) is 0 Å². The summed E-state index contributed by atoms with van der Waals surface area (Å²) in [6, 6.07) is -0.790. The molecule has 0 aromatic carbocycles. The molecule has 2 amide bonds. The third-order valence-corrected chi connectivity index (χ3v) is 8.97. The fraction of sp³-hybridized carbons (Fsp3) is 0.774. The van der Waals surface area contributed by atoms with E-state index in [2.05, 4.69) is 20.1 Å². The van der Waals surface area contributed by atoms with Gasteiger partial charge in [-0.05, 0) is 65.2 Å². The molecule has 3 fully saturated rings. The number of nitrogens with zero attached hydrogens (tertiary/aromatic N) is 2. The van der Waals surface area contributed by atoms with Crippen LogP contribution < -0.4 is 0 Å². The minimum atomic E-state index is -1.04. The number of fused-ring (bicyclic) bond motifs is 1. The molecule has 1 N–H and O–H groups in total. The van der Waals surface area contributed by atoms with Gasteiger partial charge in [0.15, 0.2) is 0 Å². The highest BCUT2D eigenvalue weighted by molar-refractivity contribution is 5.98. The molecule has 1 spiro atoms. The summed E-state index contributed by atoms with van der Waals surface area (Å²) in [4.78, 5) is 45.5. The van der Waals surface area contributed by atoms with Crippen LogP contribution in [0.5, 0.6) is 0 Å². The third-order valence-electron chi connectivity index (χ3n) is 8.97. The predicted octanol–water partition coefficient (Wildman–Crippen LogP) is 4.41. The van der Waals surface area contributed by atoms with Crippen molar-refractivity contribution >= 4 is 17.8 Å². The third kappa shape index (κ3) is 6.27. The largest absolute Gasteiger partial charge is 0.465 e. The van der Waals surface area contributed by atoms with E-state index in [1.807, 2.05) is 24.8 Å². The predicted molar refractivity (Wildman–Crippen MR) is 151 cm³/mol. The fourth-order valence-electron chi connectivity index (χ4n) is 7.06. The maximum Gasteiger partial charge on any atom is 0.312 e. The zero-order valence-electron chi connectivity index (χ0n) is 24.4. The lowest BCUT2D eigenvalue weighted by Crippen LogP contribution is -2.58. The molecule has 0 radical (unpaired) electrons. The number of aliphatic hydroxyl groups is 1. The summed E-state index contributed by atoms with van der Waals surface area (Å²) in [7, 11) is 0. The number of rotatable bonds is 18. The Kier molecular flexibility index (Phi) is 11.2. The topological polar surface area (TPSA) is 96.4 Å². The van der Waals surface area contributed by atoms with Gasteiger partial charge in [-0.1, -0.05) is 38.3 Å². The van der Waals surface area contributed by atoms with Crippen molar-refractivity contribution < 1.29 is 29.0 Å². The number of amides is 2. The van der Waals surface area contributed by atoms with E-state index < -0.39 is 35.0 Å². The summed E-state index contributed by atoms with van der Waals surface area (Å²) in [5.41, 5.74) is -1.87. The Morgan fingerprint density at radius 3 is 2.59 bits per heavy atom. The first kappa shape index (κ1) is 31.3. The van der Waals surface area contributed by atoms with Crippen LogP contribution in [0.15, 0.2) is 25.3 Å². The minimum Gasteiger partial charge on any atom is -0.465 e. The Hall–Kier alpha value is -2.19. The quantitative estimate of drug-likeness (QED) is 0.155. The molecule has 0 aromatic rings. The summed E-state index contributed by atoms with van der Waals surface area (Å²) >= 11 is 0. The minimum absolute atomic E-state index is 0.0111. The molecule has 3 aliphatic rings. The second kappa shape index (κ2) is 13.9. The van der Waals surface area contributed by atoms with Gasteiger partial charge in [-0.15, -0.1) is 13.2 Å². The van der Waals surface area contributed by atoms with E-state index >= 15 is 0 Å². The SMILES string of the molecule is C=CCCCCOC(=O)[C@@H]1[C@H]2C(=O)N(CCCCCCO)C(C(=O)N(CC=C)C(C)CCC)C23CC[C@@]1(C)O3. The molecule has 3 rings (SSSR count). The van der Waals surface area contributed by atoms with Crippen molar-refractivity contribution in [3.8, 4) is 0 Å².